The lowest BCUT2D eigenvalue weighted by Crippen LogP contribution is -2.46. The Morgan fingerprint density at radius 3 is 1.83 bits per heavy atom. The van der Waals surface area contributed by atoms with Crippen LogP contribution in [-0.4, -0.2) is 0 Å². The SMILES string of the molecule is CC1CCC(C2C(C)C(C3CCCC3)CC3CCCCC32)CC1. The first-order valence-electron chi connectivity index (χ1n) is 11.2. The Hall–Kier alpha value is 0. The standard InChI is InChI=1S/C23H40/c1-16-11-13-19(14-12-16)23-17(2)22(18-7-3-4-8-18)15-20-9-5-6-10-21(20)23/h16-23H,3-15H2,1-2H3. The summed E-state index contributed by atoms with van der Waals surface area (Å²) in [5, 5.41) is 0. The van der Waals surface area contributed by atoms with E-state index in [1.54, 1.807) is 57.8 Å². The number of hydrogen-bond donors (Lipinski definition) is 0. The van der Waals surface area contributed by atoms with Crippen LogP contribution in [-0.2, 0) is 0 Å². The highest BCUT2D eigenvalue weighted by Crippen LogP contribution is 2.56. The maximum Gasteiger partial charge on any atom is -0.0326 e. The molecule has 4 rings (SSSR count). The third kappa shape index (κ3) is 3.25. The van der Waals surface area contributed by atoms with Gasteiger partial charge in [0.05, 0.1) is 0 Å². The van der Waals surface area contributed by atoms with Crippen LogP contribution in [0.15, 0.2) is 0 Å². The summed E-state index contributed by atoms with van der Waals surface area (Å²) in [6.45, 7) is 5.20. The number of rotatable bonds is 2. The van der Waals surface area contributed by atoms with Crippen LogP contribution in [0.1, 0.15) is 97.3 Å². The summed E-state index contributed by atoms with van der Waals surface area (Å²) in [6, 6.07) is 0. The molecule has 4 aliphatic rings. The van der Waals surface area contributed by atoms with Crippen LogP contribution >= 0.6 is 0 Å². The monoisotopic (exact) mass is 316 g/mol. The number of fused-ring (bicyclic) bond motifs is 1. The molecule has 0 spiro atoms. The van der Waals surface area contributed by atoms with Gasteiger partial charge in [0.15, 0.2) is 0 Å². The second-order valence-electron chi connectivity index (χ2n) is 10.1. The molecular formula is C23H40. The van der Waals surface area contributed by atoms with Crippen LogP contribution < -0.4 is 0 Å². The molecule has 5 unspecified atom stereocenters. The van der Waals surface area contributed by atoms with Gasteiger partial charge in [0.2, 0.25) is 0 Å². The molecule has 5 atom stereocenters. The molecule has 0 N–H and O–H groups in total. The van der Waals surface area contributed by atoms with Crippen molar-refractivity contribution in [2.24, 2.45) is 47.3 Å². The van der Waals surface area contributed by atoms with Crippen LogP contribution in [0.5, 0.6) is 0 Å². The average Bonchev–Trinajstić information content (AvgIpc) is 3.10. The average molecular weight is 317 g/mol. The van der Waals surface area contributed by atoms with E-state index in [0.717, 1.165) is 47.3 Å². The van der Waals surface area contributed by atoms with E-state index in [1.807, 2.05) is 0 Å². The van der Waals surface area contributed by atoms with Gasteiger partial charge in [0, 0.05) is 0 Å². The molecule has 0 aromatic carbocycles. The van der Waals surface area contributed by atoms with E-state index in [0.29, 0.717) is 0 Å². The highest BCUT2D eigenvalue weighted by Gasteiger charge is 2.48. The van der Waals surface area contributed by atoms with Gasteiger partial charge in [-0.05, 0) is 73.0 Å². The summed E-state index contributed by atoms with van der Waals surface area (Å²) < 4.78 is 0. The predicted octanol–water partition coefficient (Wildman–Crippen LogP) is 7.08. The van der Waals surface area contributed by atoms with Gasteiger partial charge >= 0.3 is 0 Å². The van der Waals surface area contributed by atoms with Crippen molar-refractivity contribution in [1.29, 1.82) is 0 Å². The molecule has 0 aromatic rings. The molecule has 0 nitrogen and oxygen atoms in total. The molecule has 0 heterocycles. The van der Waals surface area contributed by atoms with Crippen molar-refractivity contribution in [3.63, 3.8) is 0 Å². The Bertz CT molecular complexity index is 371. The van der Waals surface area contributed by atoms with Gasteiger partial charge < -0.3 is 0 Å². The van der Waals surface area contributed by atoms with E-state index in [9.17, 15) is 0 Å². The van der Waals surface area contributed by atoms with Gasteiger partial charge in [0.25, 0.3) is 0 Å². The summed E-state index contributed by atoms with van der Waals surface area (Å²) in [4.78, 5) is 0. The topological polar surface area (TPSA) is 0 Å². The highest BCUT2D eigenvalue weighted by atomic mass is 14.5. The Labute approximate surface area is 145 Å². The lowest BCUT2D eigenvalue weighted by molar-refractivity contribution is -0.0438. The van der Waals surface area contributed by atoms with Gasteiger partial charge in [0.1, 0.15) is 0 Å². The molecule has 0 radical (unpaired) electrons. The third-order valence-corrected chi connectivity index (χ3v) is 8.93. The molecule has 0 saturated heterocycles. The van der Waals surface area contributed by atoms with Gasteiger partial charge in [-0.3, -0.25) is 0 Å². The van der Waals surface area contributed by atoms with E-state index in [-0.39, 0.29) is 0 Å². The number of hydrogen-bond acceptors (Lipinski definition) is 0. The summed E-state index contributed by atoms with van der Waals surface area (Å²) in [5.41, 5.74) is 0. The van der Waals surface area contributed by atoms with Crippen molar-refractivity contribution in [2.75, 3.05) is 0 Å². The Balaban J connectivity index is 1.54. The van der Waals surface area contributed by atoms with Crippen molar-refractivity contribution in [2.45, 2.75) is 97.3 Å². The Morgan fingerprint density at radius 1 is 0.522 bits per heavy atom. The van der Waals surface area contributed by atoms with Gasteiger partial charge in [-0.25, -0.2) is 0 Å². The summed E-state index contributed by atoms with van der Waals surface area (Å²) in [5.74, 6) is 8.70. The molecule has 0 bridgehead atoms. The van der Waals surface area contributed by atoms with Gasteiger partial charge in [-0.1, -0.05) is 71.6 Å². The fraction of sp³-hybridized carbons (Fsp3) is 1.00. The first-order chi connectivity index (χ1) is 11.2. The largest absolute Gasteiger partial charge is 0.0625 e. The minimum Gasteiger partial charge on any atom is -0.0625 e. The molecule has 4 fully saturated rings. The summed E-state index contributed by atoms with van der Waals surface area (Å²) in [6.07, 6.45) is 20.3. The van der Waals surface area contributed by atoms with Crippen molar-refractivity contribution in [1.82, 2.24) is 0 Å². The zero-order valence-electron chi connectivity index (χ0n) is 15.8. The van der Waals surface area contributed by atoms with Crippen LogP contribution in [0, 0.1) is 47.3 Å². The molecular weight excluding hydrogens is 276 g/mol. The van der Waals surface area contributed by atoms with Crippen LogP contribution in [0.25, 0.3) is 0 Å². The van der Waals surface area contributed by atoms with E-state index in [2.05, 4.69) is 13.8 Å². The fourth-order valence-electron chi connectivity index (χ4n) is 7.73. The molecule has 0 amide bonds. The van der Waals surface area contributed by atoms with Crippen LogP contribution in [0.2, 0.25) is 0 Å². The first-order valence-corrected chi connectivity index (χ1v) is 11.2. The van der Waals surface area contributed by atoms with Crippen molar-refractivity contribution in [3.05, 3.63) is 0 Å². The van der Waals surface area contributed by atoms with E-state index < -0.39 is 0 Å². The second kappa shape index (κ2) is 7.09. The maximum atomic E-state index is 2.70. The molecule has 4 aliphatic carbocycles. The van der Waals surface area contributed by atoms with Crippen LogP contribution in [0.4, 0.5) is 0 Å². The lowest BCUT2D eigenvalue weighted by atomic mass is 9.52. The lowest BCUT2D eigenvalue weighted by Gasteiger charge is -2.53. The van der Waals surface area contributed by atoms with E-state index >= 15 is 0 Å². The van der Waals surface area contributed by atoms with Gasteiger partial charge in [-0.15, -0.1) is 0 Å². The zero-order valence-corrected chi connectivity index (χ0v) is 15.8. The smallest absolute Gasteiger partial charge is 0.0326 e. The molecule has 4 saturated carbocycles. The fourth-order valence-corrected chi connectivity index (χ4v) is 7.73. The van der Waals surface area contributed by atoms with Crippen molar-refractivity contribution in [3.8, 4) is 0 Å². The molecule has 0 aliphatic heterocycles. The van der Waals surface area contributed by atoms with E-state index in [4.69, 9.17) is 0 Å². The Morgan fingerprint density at radius 2 is 1.13 bits per heavy atom. The first kappa shape index (κ1) is 16.5. The molecule has 132 valence electrons. The minimum atomic E-state index is 1.01. The molecule has 0 heteroatoms. The maximum absolute atomic E-state index is 2.70. The highest BCUT2D eigenvalue weighted by molar-refractivity contribution is 4.97. The minimum absolute atomic E-state index is 1.01. The third-order valence-electron chi connectivity index (χ3n) is 8.93. The van der Waals surface area contributed by atoms with Gasteiger partial charge in [-0.2, -0.15) is 0 Å². The second-order valence-corrected chi connectivity index (χ2v) is 10.1. The molecule has 0 aromatic heterocycles. The predicted molar refractivity (Wildman–Crippen MR) is 99.3 cm³/mol. The molecule has 23 heavy (non-hydrogen) atoms. The van der Waals surface area contributed by atoms with Crippen molar-refractivity contribution < 1.29 is 0 Å². The van der Waals surface area contributed by atoms with Crippen LogP contribution in [0.3, 0.4) is 0 Å². The van der Waals surface area contributed by atoms with E-state index in [1.165, 1.54) is 25.7 Å². The summed E-state index contributed by atoms with van der Waals surface area (Å²) >= 11 is 0. The quantitative estimate of drug-likeness (QED) is 0.510. The summed E-state index contributed by atoms with van der Waals surface area (Å²) in [7, 11) is 0. The van der Waals surface area contributed by atoms with Crippen molar-refractivity contribution >= 4 is 0 Å². The Kier molecular flexibility index (Phi) is 5.07. The normalized spacial score (nSPS) is 49.0. The zero-order chi connectivity index (χ0) is 15.8.